The number of hydrogen-bond donors (Lipinski definition) is 0. The first kappa shape index (κ1) is 33.5. The summed E-state index contributed by atoms with van der Waals surface area (Å²) in [6.45, 7) is 21.6. The number of nitrogens with zero attached hydrogens (tertiary/aromatic N) is 1. The highest BCUT2D eigenvalue weighted by molar-refractivity contribution is 5.31. The molecule has 3 aliphatic carbocycles. The third-order valence-electron chi connectivity index (χ3n) is 10.3. The molecule has 1 saturated heterocycles. The van der Waals surface area contributed by atoms with Gasteiger partial charge in [0, 0.05) is 24.7 Å². The number of ether oxygens (including phenoxy) is 1. The van der Waals surface area contributed by atoms with E-state index >= 15 is 0 Å². The van der Waals surface area contributed by atoms with Crippen molar-refractivity contribution in [3.8, 4) is 5.75 Å². The molecular formula is C36H59NO5. The number of hydrogen-bond acceptors (Lipinski definition) is 6. The Morgan fingerprint density at radius 2 is 1.52 bits per heavy atom. The molecular weight excluding hydrogens is 526 g/mol. The zero-order valence-electron chi connectivity index (χ0n) is 27.9. The Morgan fingerprint density at radius 3 is 2.07 bits per heavy atom. The standard InChI is InChI=1S/C29H42O5.C7H17N/c1-19(2)27(5,6)30-26-9-7-23(8-10-26)24-11-13-28(14-12-24)31-33-29(34-32-28)21(4)17-22-15-20(3)16-25(29)18-22;1-4-6-8(3)7-5-2/h7-10,20-22,24-25H,1,11-18H2,2-6H3;4-7H2,1-3H3. The smallest absolute Gasteiger partial charge is 0.239 e. The van der Waals surface area contributed by atoms with Crippen molar-refractivity contribution < 1.29 is 24.3 Å². The molecule has 42 heavy (non-hydrogen) atoms. The SMILES string of the molecule is C=C(C)C(C)(C)Oc1ccc(C2CCC3(CC2)OOC2(OO3)C(C)CC3CC(C)CC2C3)cc1.CCCN(C)CCC. The van der Waals surface area contributed by atoms with E-state index in [1.54, 1.807) is 0 Å². The molecule has 2 spiro atoms. The molecule has 4 unspecified atom stereocenters. The van der Waals surface area contributed by atoms with Crippen LogP contribution in [0.1, 0.15) is 124 Å². The molecule has 0 N–H and O–H groups in total. The summed E-state index contributed by atoms with van der Waals surface area (Å²) in [5.41, 5.74) is 1.96. The lowest BCUT2D eigenvalue weighted by atomic mass is 9.62. The van der Waals surface area contributed by atoms with E-state index in [2.05, 4.69) is 70.5 Å². The summed E-state index contributed by atoms with van der Waals surface area (Å²) in [6.07, 6.45) is 10.7. The van der Waals surface area contributed by atoms with E-state index in [0.717, 1.165) is 62.2 Å². The van der Waals surface area contributed by atoms with E-state index in [4.69, 9.17) is 24.3 Å². The van der Waals surface area contributed by atoms with E-state index in [-0.39, 0.29) is 11.5 Å². The van der Waals surface area contributed by atoms with Gasteiger partial charge in [-0.05, 0) is 133 Å². The number of benzene rings is 1. The summed E-state index contributed by atoms with van der Waals surface area (Å²) in [7, 11) is 2.17. The molecule has 1 aliphatic heterocycles. The molecule has 0 aromatic heterocycles. The molecule has 1 heterocycles. The molecule has 4 atom stereocenters. The second kappa shape index (κ2) is 14.1. The van der Waals surface area contributed by atoms with Gasteiger partial charge in [-0.3, -0.25) is 0 Å². The quantitative estimate of drug-likeness (QED) is 0.224. The fourth-order valence-corrected chi connectivity index (χ4v) is 7.57. The van der Waals surface area contributed by atoms with Crippen LogP contribution in [-0.2, 0) is 19.6 Å². The van der Waals surface area contributed by atoms with Crippen molar-refractivity contribution in [2.24, 2.45) is 23.7 Å². The predicted molar refractivity (Wildman–Crippen MR) is 169 cm³/mol. The van der Waals surface area contributed by atoms with Crippen LogP contribution in [0.25, 0.3) is 0 Å². The topological polar surface area (TPSA) is 49.4 Å². The number of fused-ring (bicyclic) bond motifs is 3. The summed E-state index contributed by atoms with van der Waals surface area (Å²) >= 11 is 0. The van der Waals surface area contributed by atoms with Gasteiger partial charge >= 0.3 is 0 Å². The van der Waals surface area contributed by atoms with Crippen molar-refractivity contribution >= 4 is 0 Å². The van der Waals surface area contributed by atoms with Crippen molar-refractivity contribution in [3.05, 3.63) is 42.0 Å². The van der Waals surface area contributed by atoms with Crippen molar-refractivity contribution in [1.29, 1.82) is 0 Å². The Bertz CT molecular complexity index is 979. The first-order valence-electron chi connectivity index (χ1n) is 16.8. The molecule has 6 nitrogen and oxygen atoms in total. The lowest BCUT2D eigenvalue weighted by Gasteiger charge is -2.55. The fourth-order valence-electron chi connectivity index (χ4n) is 7.57. The highest BCUT2D eigenvalue weighted by atomic mass is 17.4. The molecule has 1 aromatic rings. The van der Waals surface area contributed by atoms with Crippen LogP contribution in [0, 0.1) is 23.7 Å². The van der Waals surface area contributed by atoms with Gasteiger partial charge in [0.1, 0.15) is 11.4 Å². The summed E-state index contributed by atoms with van der Waals surface area (Å²) in [5, 5.41) is 0. The average Bonchev–Trinajstić information content (AvgIpc) is 2.94. The Hall–Kier alpha value is -1.44. The Kier molecular flexibility index (Phi) is 11.2. The molecule has 2 bridgehead atoms. The largest absolute Gasteiger partial charge is 0.484 e. The van der Waals surface area contributed by atoms with Gasteiger partial charge in [-0.2, -0.15) is 19.6 Å². The van der Waals surface area contributed by atoms with Crippen LogP contribution in [0.3, 0.4) is 0 Å². The van der Waals surface area contributed by atoms with Crippen LogP contribution in [0.2, 0.25) is 0 Å². The van der Waals surface area contributed by atoms with Crippen molar-refractivity contribution in [2.45, 2.75) is 136 Å². The molecule has 238 valence electrons. The second-order valence-electron chi connectivity index (χ2n) is 14.5. The second-order valence-corrected chi connectivity index (χ2v) is 14.5. The van der Waals surface area contributed by atoms with Crippen LogP contribution < -0.4 is 4.74 Å². The molecule has 1 aromatic carbocycles. The van der Waals surface area contributed by atoms with Crippen molar-refractivity contribution in [3.63, 3.8) is 0 Å². The van der Waals surface area contributed by atoms with Crippen LogP contribution in [-0.4, -0.2) is 42.2 Å². The highest BCUT2D eigenvalue weighted by Gasteiger charge is 2.60. The number of rotatable bonds is 8. The normalized spacial score (nSPS) is 34.6. The van der Waals surface area contributed by atoms with Gasteiger partial charge in [-0.15, -0.1) is 0 Å². The third-order valence-corrected chi connectivity index (χ3v) is 10.3. The summed E-state index contributed by atoms with van der Waals surface area (Å²) in [4.78, 5) is 27.0. The van der Waals surface area contributed by atoms with Crippen molar-refractivity contribution in [1.82, 2.24) is 4.90 Å². The van der Waals surface area contributed by atoms with E-state index < -0.39 is 11.6 Å². The van der Waals surface area contributed by atoms with Crippen LogP contribution in [0.15, 0.2) is 36.4 Å². The van der Waals surface area contributed by atoms with Gasteiger partial charge in [-0.1, -0.05) is 46.4 Å². The van der Waals surface area contributed by atoms with Crippen LogP contribution in [0.4, 0.5) is 0 Å². The van der Waals surface area contributed by atoms with Gasteiger partial charge in [0.05, 0.1) is 0 Å². The van der Waals surface area contributed by atoms with E-state index in [9.17, 15) is 0 Å². The third kappa shape index (κ3) is 7.79. The summed E-state index contributed by atoms with van der Waals surface area (Å²) < 4.78 is 6.12. The van der Waals surface area contributed by atoms with Gasteiger partial charge in [0.15, 0.2) is 0 Å². The Labute approximate surface area is 256 Å². The van der Waals surface area contributed by atoms with Gasteiger partial charge in [-0.25, -0.2) is 0 Å². The molecule has 0 radical (unpaired) electrons. The molecule has 5 rings (SSSR count). The maximum absolute atomic E-state index is 6.20. The minimum absolute atomic E-state index is 0.271. The predicted octanol–water partition coefficient (Wildman–Crippen LogP) is 9.21. The van der Waals surface area contributed by atoms with Crippen LogP contribution >= 0.6 is 0 Å². The van der Waals surface area contributed by atoms with Gasteiger partial charge in [0.25, 0.3) is 0 Å². The summed E-state index contributed by atoms with van der Waals surface area (Å²) in [5.74, 6) is 1.89. The van der Waals surface area contributed by atoms with Gasteiger partial charge < -0.3 is 9.64 Å². The fraction of sp³-hybridized carbons (Fsp3) is 0.778. The Morgan fingerprint density at radius 1 is 0.929 bits per heavy atom. The van der Waals surface area contributed by atoms with Crippen molar-refractivity contribution in [2.75, 3.05) is 20.1 Å². The molecule has 4 aliphatic rings. The van der Waals surface area contributed by atoms with E-state index in [1.807, 2.05) is 20.8 Å². The zero-order valence-corrected chi connectivity index (χ0v) is 27.9. The Balaban J connectivity index is 0.000000446. The maximum atomic E-state index is 6.20. The molecule has 6 heteroatoms. The van der Waals surface area contributed by atoms with Crippen LogP contribution in [0.5, 0.6) is 5.75 Å². The zero-order chi connectivity index (χ0) is 30.5. The van der Waals surface area contributed by atoms with E-state index in [0.29, 0.717) is 17.8 Å². The molecule has 0 amide bonds. The molecule has 3 saturated carbocycles. The lowest BCUT2D eigenvalue weighted by Crippen LogP contribution is -2.61. The maximum Gasteiger partial charge on any atom is 0.239 e. The highest BCUT2D eigenvalue weighted by Crippen LogP contribution is 2.55. The minimum Gasteiger partial charge on any atom is -0.484 e. The molecule has 4 fully saturated rings. The minimum atomic E-state index is -0.785. The first-order valence-corrected chi connectivity index (χ1v) is 16.8. The first-order chi connectivity index (χ1) is 19.9. The lowest BCUT2D eigenvalue weighted by molar-refractivity contribution is -0.677. The summed E-state index contributed by atoms with van der Waals surface area (Å²) in [6, 6.07) is 8.50. The monoisotopic (exact) mass is 585 g/mol. The average molecular weight is 586 g/mol. The van der Waals surface area contributed by atoms with E-state index in [1.165, 1.54) is 37.9 Å². The van der Waals surface area contributed by atoms with Gasteiger partial charge in [0.2, 0.25) is 11.6 Å².